The summed E-state index contributed by atoms with van der Waals surface area (Å²) in [6, 6.07) is 12.4. The molecule has 0 spiro atoms. The second-order valence-electron chi connectivity index (χ2n) is 6.05. The normalized spacial score (nSPS) is 14.2. The van der Waals surface area contributed by atoms with Crippen LogP contribution in [0.3, 0.4) is 0 Å². The Kier molecular flexibility index (Phi) is 4.57. The van der Waals surface area contributed by atoms with E-state index in [9.17, 15) is 10.1 Å². The third kappa shape index (κ3) is 3.39. The van der Waals surface area contributed by atoms with Gasteiger partial charge in [0.1, 0.15) is 6.07 Å². The van der Waals surface area contributed by atoms with Gasteiger partial charge in [-0.3, -0.25) is 4.79 Å². The van der Waals surface area contributed by atoms with Gasteiger partial charge < -0.3 is 18.6 Å². The Balaban J connectivity index is 1.48. The molecule has 0 atom stereocenters. The van der Waals surface area contributed by atoms with Crippen LogP contribution in [0.25, 0.3) is 11.7 Å². The lowest BCUT2D eigenvalue weighted by molar-refractivity contribution is 0.0745. The Morgan fingerprint density at radius 2 is 2.00 bits per heavy atom. The summed E-state index contributed by atoms with van der Waals surface area (Å²) in [5.41, 5.74) is 0.768. The number of hydrogen-bond donors (Lipinski definition) is 0. The molecule has 1 saturated heterocycles. The minimum Gasteiger partial charge on any atom is -0.459 e. The summed E-state index contributed by atoms with van der Waals surface area (Å²) < 4.78 is 11.0. The highest BCUT2D eigenvalue weighted by atomic mass is 35.5. The van der Waals surface area contributed by atoms with Gasteiger partial charge in [-0.1, -0.05) is 17.7 Å². The molecule has 7 nitrogen and oxygen atoms in total. The van der Waals surface area contributed by atoms with Gasteiger partial charge in [0.05, 0.1) is 6.26 Å². The molecule has 0 saturated carbocycles. The Hall–Kier alpha value is -3.24. The fourth-order valence-corrected chi connectivity index (χ4v) is 3.21. The first-order valence-corrected chi connectivity index (χ1v) is 8.78. The van der Waals surface area contributed by atoms with E-state index in [0.717, 1.165) is 0 Å². The number of halogens is 1. The van der Waals surface area contributed by atoms with Gasteiger partial charge in [0.25, 0.3) is 11.8 Å². The molecule has 1 aromatic carbocycles. The third-order valence-electron chi connectivity index (χ3n) is 4.37. The number of piperazine rings is 1. The SMILES string of the molecule is N#Cc1nc(-c2ccco2)oc1N1CCN(C(=O)c2cccc(Cl)c2)CC1. The Bertz CT molecular complexity index is 998. The standard InChI is InChI=1S/C19H15ClN4O3/c20-14-4-1-3-13(11-14)18(25)23-6-8-24(9-7-23)19-15(12-21)22-17(27-19)16-5-2-10-26-16/h1-5,10-11H,6-9H2. The number of benzene rings is 1. The van der Waals surface area contributed by atoms with Crippen LogP contribution in [0, 0.1) is 11.3 Å². The van der Waals surface area contributed by atoms with Crippen LogP contribution in [0.4, 0.5) is 5.88 Å². The summed E-state index contributed by atoms with van der Waals surface area (Å²) in [5.74, 6) is 1.07. The predicted octanol–water partition coefficient (Wildman–Crippen LogP) is 3.42. The minimum absolute atomic E-state index is 0.0634. The first kappa shape index (κ1) is 17.2. The van der Waals surface area contributed by atoms with Crippen molar-refractivity contribution in [1.29, 1.82) is 5.26 Å². The molecule has 1 aliphatic rings. The molecule has 1 aliphatic heterocycles. The van der Waals surface area contributed by atoms with Gasteiger partial charge in [0, 0.05) is 36.8 Å². The first-order valence-electron chi connectivity index (χ1n) is 8.40. The summed E-state index contributed by atoms with van der Waals surface area (Å²) in [6.07, 6.45) is 1.52. The van der Waals surface area contributed by atoms with Gasteiger partial charge in [0.2, 0.25) is 11.6 Å². The molecule has 1 amide bonds. The molecule has 0 N–H and O–H groups in total. The molecule has 0 aliphatic carbocycles. The van der Waals surface area contributed by atoms with Crippen LogP contribution >= 0.6 is 11.6 Å². The number of amides is 1. The quantitative estimate of drug-likeness (QED) is 0.689. The van der Waals surface area contributed by atoms with Crippen molar-refractivity contribution in [3.63, 3.8) is 0 Å². The average molecular weight is 383 g/mol. The van der Waals surface area contributed by atoms with E-state index in [1.165, 1.54) is 6.26 Å². The minimum atomic E-state index is -0.0634. The number of hydrogen-bond acceptors (Lipinski definition) is 6. The van der Waals surface area contributed by atoms with E-state index in [-0.39, 0.29) is 17.5 Å². The smallest absolute Gasteiger partial charge is 0.266 e. The van der Waals surface area contributed by atoms with Gasteiger partial charge in [-0.2, -0.15) is 10.2 Å². The number of furan rings is 1. The maximum Gasteiger partial charge on any atom is 0.266 e. The van der Waals surface area contributed by atoms with E-state index in [4.69, 9.17) is 20.4 Å². The number of rotatable bonds is 3. The topological polar surface area (TPSA) is 86.5 Å². The van der Waals surface area contributed by atoms with Crippen LogP contribution in [0.5, 0.6) is 0 Å². The number of nitriles is 1. The van der Waals surface area contributed by atoms with Crippen molar-refractivity contribution in [3.05, 3.63) is 58.9 Å². The van der Waals surface area contributed by atoms with Gasteiger partial charge in [-0.15, -0.1) is 0 Å². The van der Waals surface area contributed by atoms with E-state index in [2.05, 4.69) is 11.1 Å². The molecule has 3 aromatic rings. The van der Waals surface area contributed by atoms with Crippen LogP contribution in [0.15, 0.2) is 51.5 Å². The number of carbonyl (C=O) groups is 1. The van der Waals surface area contributed by atoms with Crippen LogP contribution in [-0.4, -0.2) is 42.0 Å². The predicted molar refractivity (Wildman–Crippen MR) is 98.5 cm³/mol. The third-order valence-corrected chi connectivity index (χ3v) is 4.61. The molecule has 2 aromatic heterocycles. The van der Waals surface area contributed by atoms with Crippen molar-refractivity contribution in [1.82, 2.24) is 9.88 Å². The fraction of sp³-hybridized carbons (Fsp3) is 0.211. The van der Waals surface area contributed by atoms with E-state index < -0.39 is 0 Å². The first-order chi connectivity index (χ1) is 13.2. The Morgan fingerprint density at radius 1 is 1.19 bits per heavy atom. The molecule has 4 rings (SSSR count). The molecule has 8 heteroatoms. The molecule has 0 bridgehead atoms. The van der Waals surface area contributed by atoms with Crippen molar-refractivity contribution in [2.45, 2.75) is 0 Å². The highest BCUT2D eigenvalue weighted by Gasteiger charge is 2.27. The summed E-state index contributed by atoms with van der Waals surface area (Å²) in [7, 11) is 0. The molecule has 3 heterocycles. The molecule has 0 unspecified atom stereocenters. The zero-order valence-electron chi connectivity index (χ0n) is 14.3. The highest BCUT2D eigenvalue weighted by molar-refractivity contribution is 6.30. The van der Waals surface area contributed by atoms with Gasteiger partial charge >= 0.3 is 0 Å². The largest absolute Gasteiger partial charge is 0.459 e. The Labute approximate surface area is 160 Å². The molecule has 27 heavy (non-hydrogen) atoms. The second kappa shape index (κ2) is 7.17. The summed E-state index contributed by atoms with van der Waals surface area (Å²) in [6.45, 7) is 2.08. The van der Waals surface area contributed by atoms with Crippen LogP contribution in [-0.2, 0) is 0 Å². The van der Waals surface area contributed by atoms with Gasteiger partial charge in [0.15, 0.2) is 5.76 Å². The number of carbonyl (C=O) groups excluding carboxylic acids is 1. The number of oxazole rings is 1. The number of nitrogens with zero attached hydrogens (tertiary/aromatic N) is 4. The maximum atomic E-state index is 12.6. The zero-order valence-corrected chi connectivity index (χ0v) is 15.0. The van der Waals surface area contributed by atoms with Crippen molar-refractivity contribution < 1.29 is 13.6 Å². The monoisotopic (exact) mass is 382 g/mol. The van der Waals surface area contributed by atoms with E-state index in [0.29, 0.717) is 48.4 Å². The van der Waals surface area contributed by atoms with Crippen LogP contribution in [0.2, 0.25) is 5.02 Å². The molecular formula is C19H15ClN4O3. The van der Waals surface area contributed by atoms with Gasteiger partial charge in [-0.25, -0.2) is 0 Å². The molecular weight excluding hydrogens is 368 g/mol. The van der Waals surface area contributed by atoms with Crippen molar-refractivity contribution in [2.75, 3.05) is 31.1 Å². The zero-order chi connectivity index (χ0) is 18.8. The van der Waals surface area contributed by atoms with Crippen molar-refractivity contribution >= 4 is 23.4 Å². The summed E-state index contributed by atoms with van der Waals surface area (Å²) in [5, 5.41) is 9.90. The van der Waals surface area contributed by atoms with Crippen molar-refractivity contribution in [3.8, 4) is 17.7 Å². The van der Waals surface area contributed by atoms with E-state index in [1.807, 2.05) is 4.90 Å². The summed E-state index contributed by atoms with van der Waals surface area (Å²) in [4.78, 5) is 20.5. The number of aromatic nitrogens is 1. The Morgan fingerprint density at radius 3 is 2.67 bits per heavy atom. The lowest BCUT2D eigenvalue weighted by Crippen LogP contribution is -2.48. The van der Waals surface area contributed by atoms with E-state index >= 15 is 0 Å². The average Bonchev–Trinajstić information content (AvgIpc) is 3.37. The number of anilines is 1. The highest BCUT2D eigenvalue weighted by Crippen LogP contribution is 2.29. The lowest BCUT2D eigenvalue weighted by Gasteiger charge is -2.34. The molecule has 136 valence electrons. The molecule has 0 radical (unpaired) electrons. The maximum absolute atomic E-state index is 12.6. The summed E-state index contributed by atoms with van der Waals surface area (Å²) >= 11 is 5.97. The second-order valence-corrected chi connectivity index (χ2v) is 6.49. The van der Waals surface area contributed by atoms with Crippen LogP contribution in [0.1, 0.15) is 16.1 Å². The molecule has 1 fully saturated rings. The fourth-order valence-electron chi connectivity index (χ4n) is 3.02. The van der Waals surface area contributed by atoms with Crippen LogP contribution < -0.4 is 4.90 Å². The van der Waals surface area contributed by atoms with Gasteiger partial charge in [-0.05, 0) is 30.3 Å². The van der Waals surface area contributed by atoms with E-state index in [1.54, 1.807) is 41.3 Å². The lowest BCUT2D eigenvalue weighted by atomic mass is 10.2. The van der Waals surface area contributed by atoms with Crippen molar-refractivity contribution in [2.24, 2.45) is 0 Å².